The van der Waals surface area contributed by atoms with Crippen molar-refractivity contribution in [1.82, 2.24) is 4.98 Å². The zero-order chi connectivity index (χ0) is 13.1. The summed E-state index contributed by atoms with van der Waals surface area (Å²) in [7, 11) is 0. The second kappa shape index (κ2) is 5.21. The lowest BCUT2D eigenvalue weighted by molar-refractivity contribution is 0.423. The predicted molar refractivity (Wildman–Crippen MR) is 65.4 cm³/mol. The van der Waals surface area contributed by atoms with Crippen LogP contribution in [0.15, 0.2) is 30.5 Å². The molecule has 0 saturated heterocycles. The third-order valence-electron chi connectivity index (χ3n) is 2.04. The van der Waals surface area contributed by atoms with Gasteiger partial charge in [0.2, 0.25) is 0 Å². The highest BCUT2D eigenvalue weighted by atomic mass is 35.5. The number of pyridine rings is 1. The molecular formula is C12H5Cl2FN2O. The van der Waals surface area contributed by atoms with Gasteiger partial charge in [-0.2, -0.15) is 5.26 Å². The van der Waals surface area contributed by atoms with Crippen molar-refractivity contribution in [1.29, 1.82) is 5.26 Å². The highest BCUT2D eigenvalue weighted by Crippen LogP contribution is 2.30. The molecule has 1 heterocycles. The number of aromatic nitrogens is 1. The van der Waals surface area contributed by atoms with Gasteiger partial charge in [-0.25, -0.2) is 9.37 Å². The summed E-state index contributed by atoms with van der Waals surface area (Å²) in [5, 5.41) is 9.05. The smallest absolute Gasteiger partial charge is 0.256 e. The molecule has 0 radical (unpaired) electrons. The number of rotatable bonds is 2. The fraction of sp³-hybridized carbons (Fsp3) is 0. The van der Waals surface area contributed by atoms with Gasteiger partial charge in [0.1, 0.15) is 5.75 Å². The van der Waals surface area contributed by atoms with Crippen molar-refractivity contribution in [2.24, 2.45) is 0 Å². The number of hydrogen-bond acceptors (Lipinski definition) is 3. The van der Waals surface area contributed by atoms with Gasteiger partial charge in [-0.15, -0.1) is 0 Å². The average molecular weight is 283 g/mol. The SMILES string of the molecule is N#Cc1ccc(Oc2ncc(Cl)cc2F)c(Cl)c1. The molecule has 0 aliphatic rings. The van der Waals surface area contributed by atoms with Gasteiger partial charge in [0.25, 0.3) is 5.88 Å². The Morgan fingerprint density at radius 1 is 1.28 bits per heavy atom. The largest absolute Gasteiger partial charge is 0.435 e. The van der Waals surface area contributed by atoms with E-state index in [4.69, 9.17) is 33.2 Å². The number of benzene rings is 1. The summed E-state index contributed by atoms with van der Waals surface area (Å²) >= 11 is 11.5. The molecule has 1 aromatic carbocycles. The first-order valence-electron chi connectivity index (χ1n) is 4.78. The maximum absolute atomic E-state index is 13.4. The molecule has 2 rings (SSSR count). The van der Waals surface area contributed by atoms with Crippen molar-refractivity contribution < 1.29 is 9.13 Å². The molecule has 0 spiro atoms. The Morgan fingerprint density at radius 2 is 2.06 bits per heavy atom. The van der Waals surface area contributed by atoms with Gasteiger partial charge in [-0.05, 0) is 24.3 Å². The average Bonchev–Trinajstić information content (AvgIpc) is 2.34. The van der Waals surface area contributed by atoms with Gasteiger partial charge < -0.3 is 4.74 Å². The molecule has 6 heteroatoms. The van der Waals surface area contributed by atoms with Gasteiger partial charge in [-0.3, -0.25) is 0 Å². The first kappa shape index (κ1) is 12.6. The molecule has 90 valence electrons. The molecular weight excluding hydrogens is 278 g/mol. The van der Waals surface area contributed by atoms with Crippen LogP contribution >= 0.6 is 23.2 Å². The maximum Gasteiger partial charge on any atom is 0.256 e. The summed E-state index contributed by atoms with van der Waals surface area (Å²) < 4.78 is 18.7. The Morgan fingerprint density at radius 3 is 2.67 bits per heavy atom. The number of hydrogen-bond donors (Lipinski definition) is 0. The van der Waals surface area contributed by atoms with Crippen molar-refractivity contribution >= 4 is 23.2 Å². The van der Waals surface area contributed by atoms with Crippen molar-refractivity contribution in [3.8, 4) is 17.7 Å². The minimum atomic E-state index is -0.692. The molecule has 0 fully saturated rings. The van der Waals surface area contributed by atoms with Crippen LogP contribution in [-0.2, 0) is 0 Å². The van der Waals surface area contributed by atoms with Crippen LogP contribution in [0.25, 0.3) is 0 Å². The molecule has 0 N–H and O–H groups in total. The maximum atomic E-state index is 13.4. The second-order valence-electron chi connectivity index (χ2n) is 3.30. The van der Waals surface area contributed by atoms with E-state index in [9.17, 15) is 4.39 Å². The standard InChI is InChI=1S/C12H5Cl2FN2O/c13-8-4-10(15)12(17-6-8)18-11-2-1-7(5-16)3-9(11)14/h1-4,6H. The Balaban J connectivity index is 2.32. The molecule has 0 atom stereocenters. The third-order valence-corrected chi connectivity index (χ3v) is 2.54. The van der Waals surface area contributed by atoms with Crippen molar-refractivity contribution in [3.63, 3.8) is 0 Å². The zero-order valence-electron chi connectivity index (χ0n) is 8.82. The summed E-state index contributed by atoms with van der Waals surface area (Å²) in [4.78, 5) is 3.70. The monoisotopic (exact) mass is 282 g/mol. The van der Waals surface area contributed by atoms with E-state index >= 15 is 0 Å². The van der Waals surface area contributed by atoms with Crippen molar-refractivity contribution in [3.05, 3.63) is 51.9 Å². The first-order chi connectivity index (χ1) is 8.60. The molecule has 3 nitrogen and oxygen atoms in total. The molecule has 0 amide bonds. The quantitative estimate of drug-likeness (QED) is 0.830. The lowest BCUT2D eigenvalue weighted by Gasteiger charge is -2.07. The van der Waals surface area contributed by atoms with E-state index in [-0.39, 0.29) is 21.7 Å². The number of nitrogens with zero attached hydrogens (tertiary/aromatic N) is 2. The van der Waals surface area contributed by atoms with Crippen LogP contribution in [-0.4, -0.2) is 4.98 Å². The van der Waals surface area contributed by atoms with Crippen LogP contribution in [0.5, 0.6) is 11.6 Å². The molecule has 18 heavy (non-hydrogen) atoms. The topological polar surface area (TPSA) is 45.9 Å². The van der Waals surface area contributed by atoms with Crippen LogP contribution in [0.1, 0.15) is 5.56 Å². The van der Waals surface area contributed by atoms with Gasteiger partial charge in [0, 0.05) is 6.20 Å². The van der Waals surface area contributed by atoms with Crippen LogP contribution in [0.3, 0.4) is 0 Å². The Labute approximate surface area is 112 Å². The summed E-state index contributed by atoms with van der Waals surface area (Å²) in [5.74, 6) is -0.710. The Kier molecular flexibility index (Phi) is 3.66. The minimum absolute atomic E-state index is 0.172. The van der Waals surface area contributed by atoms with E-state index in [0.29, 0.717) is 5.56 Å². The van der Waals surface area contributed by atoms with E-state index < -0.39 is 5.82 Å². The summed E-state index contributed by atoms with van der Waals surface area (Å²) in [6.07, 6.45) is 1.26. The molecule has 0 saturated carbocycles. The molecule has 2 aromatic rings. The highest BCUT2D eigenvalue weighted by Gasteiger charge is 2.10. The van der Waals surface area contributed by atoms with E-state index in [1.807, 2.05) is 6.07 Å². The molecule has 0 aliphatic heterocycles. The Hall–Kier alpha value is -1.83. The number of halogens is 3. The van der Waals surface area contributed by atoms with Gasteiger partial charge >= 0.3 is 0 Å². The van der Waals surface area contributed by atoms with Crippen LogP contribution < -0.4 is 4.74 Å². The predicted octanol–water partition coefficient (Wildman–Crippen LogP) is 4.19. The fourth-order valence-corrected chi connectivity index (χ4v) is 1.60. The fourth-order valence-electron chi connectivity index (χ4n) is 1.23. The highest BCUT2D eigenvalue weighted by molar-refractivity contribution is 6.32. The lowest BCUT2D eigenvalue weighted by Crippen LogP contribution is -1.92. The van der Waals surface area contributed by atoms with Gasteiger partial charge in [-0.1, -0.05) is 23.2 Å². The van der Waals surface area contributed by atoms with Gasteiger partial charge in [0.15, 0.2) is 5.82 Å². The van der Waals surface area contributed by atoms with Crippen molar-refractivity contribution in [2.75, 3.05) is 0 Å². The summed E-state index contributed by atoms with van der Waals surface area (Å²) in [6, 6.07) is 7.41. The minimum Gasteiger partial charge on any atom is -0.435 e. The Bertz CT molecular complexity index is 640. The molecule has 0 unspecified atom stereocenters. The van der Waals surface area contributed by atoms with Crippen LogP contribution in [0.4, 0.5) is 4.39 Å². The van der Waals surface area contributed by atoms with E-state index in [2.05, 4.69) is 4.98 Å². The number of nitriles is 1. The van der Waals surface area contributed by atoms with E-state index in [1.54, 1.807) is 0 Å². The first-order valence-corrected chi connectivity index (χ1v) is 5.54. The summed E-state index contributed by atoms with van der Waals surface area (Å²) in [6.45, 7) is 0. The van der Waals surface area contributed by atoms with Crippen LogP contribution in [0, 0.1) is 17.1 Å². The van der Waals surface area contributed by atoms with Gasteiger partial charge in [0.05, 0.1) is 21.7 Å². The van der Waals surface area contributed by atoms with Crippen LogP contribution in [0.2, 0.25) is 10.0 Å². The van der Waals surface area contributed by atoms with E-state index in [0.717, 1.165) is 6.07 Å². The normalized spacial score (nSPS) is 9.89. The summed E-state index contributed by atoms with van der Waals surface area (Å²) in [5.41, 5.74) is 0.386. The second-order valence-corrected chi connectivity index (χ2v) is 4.14. The molecule has 1 aromatic heterocycles. The number of ether oxygens (including phenoxy) is 1. The van der Waals surface area contributed by atoms with Crippen molar-refractivity contribution in [2.45, 2.75) is 0 Å². The van der Waals surface area contributed by atoms with E-state index in [1.165, 1.54) is 24.4 Å². The molecule has 0 bridgehead atoms. The zero-order valence-corrected chi connectivity index (χ0v) is 10.3. The lowest BCUT2D eigenvalue weighted by atomic mass is 10.2. The molecule has 0 aliphatic carbocycles. The third kappa shape index (κ3) is 2.70.